The van der Waals surface area contributed by atoms with Gasteiger partial charge in [0.1, 0.15) is 0 Å². The molecule has 0 N–H and O–H groups in total. The molecule has 0 radical (unpaired) electrons. The number of allylic oxidation sites excluding steroid dienone is 2. The third-order valence-corrected chi connectivity index (χ3v) is 6.53. The summed E-state index contributed by atoms with van der Waals surface area (Å²) in [5.41, 5.74) is 3.88. The minimum atomic E-state index is -1.52. The maximum atomic E-state index is 5.53. The third kappa shape index (κ3) is 11.8. The Bertz CT molecular complexity index is 697. The van der Waals surface area contributed by atoms with Crippen molar-refractivity contribution in [3.63, 3.8) is 0 Å². The fraction of sp³-hybridized carbons (Fsp3) is 0.417. The average molecular weight is 552 g/mol. The molecule has 0 spiro atoms. The minimum absolute atomic E-state index is 0. The number of halogens is 2. The molecule has 4 rings (SSSR count). The van der Waals surface area contributed by atoms with E-state index in [2.05, 4.69) is 44.0 Å². The molecule has 0 aliphatic carbocycles. The molecule has 174 valence electrons. The van der Waals surface area contributed by atoms with E-state index in [0.717, 1.165) is 0 Å². The summed E-state index contributed by atoms with van der Waals surface area (Å²) in [6.07, 6.45) is 14.7. The van der Waals surface area contributed by atoms with E-state index in [4.69, 9.17) is 19.4 Å². The molecule has 0 atom stereocenters. The van der Waals surface area contributed by atoms with Crippen molar-refractivity contribution in [3.05, 3.63) is 68.1 Å². The summed E-state index contributed by atoms with van der Waals surface area (Å²) >= 11 is -1.52. The van der Waals surface area contributed by atoms with Gasteiger partial charge >= 0.3 is 63.0 Å². The van der Waals surface area contributed by atoms with E-state index in [0.29, 0.717) is 0 Å². The number of nitrogens with zero attached hydrogens (tertiary/aromatic N) is 4. The second-order valence-corrected chi connectivity index (χ2v) is 13.2. The first kappa shape index (κ1) is 27.7. The Kier molecular flexibility index (Phi) is 14.6. The van der Waals surface area contributed by atoms with Crippen molar-refractivity contribution in [2.24, 2.45) is 0 Å². The topological polar surface area (TPSA) is 32.3 Å². The summed E-state index contributed by atoms with van der Waals surface area (Å²) in [5.74, 6) is 0. The first-order chi connectivity index (χ1) is 14.6. The molecule has 0 saturated carbocycles. The van der Waals surface area contributed by atoms with Crippen LogP contribution >= 0.6 is 19.4 Å². The van der Waals surface area contributed by atoms with Crippen LogP contribution in [0.2, 0.25) is 0 Å². The van der Waals surface area contributed by atoms with Gasteiger partial charge < -0.3 is 17.2 Å². The van der Waals surface area contributed by atoms with Gasteiger partial charge in [-0.05, 0) is 49.9 Å². The van der Waals surface area contributed by atoms with Gasteiger partial charge in [0.05, 0.1) is 0 Å². The summed E-state index contributed by atoms with van der Waals surface area (Å²) in [4.78, 5) is 12.8. The number of hydrogen-bond acceptors (Lipinski definition) is 4. The van der Waals surface area contributed by atoms with Crippen molar-refractivity contribution >= 4 is 35.4 Å². The van der Waals surface area contributed by atoms with E-state index in [1.807, 2.05) is 49.3 Å². The van der Waals surface area contributed by atoms with Crippen LogP contribution in [0, 0.1) is 7.43 Å². The molecule has 2 saturated heterocycles. The Labute approximate surface area is 201 Å². The van der Waals surface area contributed by atoms with E-state index in [1.54, 1.807) is 0 Å². The summed E-state index contributed by atoms with van der Waals surface area (Å²) in [6, 6.07) is 8.30. The van der Waals surface area contributed by atoms with Crippen LogP contribution in [-0.2, 0) is 13.5 Å². The number of hydrogen-bond donors (Lipinski definition) is 0. The second-order valence-electron chi connectivity index (χ2n) is 7.37. The van der Waals surface area contributed by atoms with Gasteiger partial charge in [-0.2, -0.15) is 0 Å². The Morgan fingerprint density at radius 2 is 1.13 bits per heavy atom. The van der Waals surface area contributed by atoms with Crippen LogP contribution in [0.5, 0.6) is 0 Å². The normalized spacial score (nSPS) is 14.9. The smallest absolute Gasteiger partial charge is 0.0397 e. The molecular weight excluding hydrogens is 516 g/mol. The van der Waals surface area contributed by atoms with Gasteiger partial charge in [0.25, 0.3) is 0 Å². The Morgan fingerprint density at radius 3 is 1.39 bits per heavy atom. The Morgan fingerprint density at radius 1 is 0.774 bits per heavy atom. The molecule has 0 unspecified atom stereocenters. The summed E-state index contributed by atoms with van der Waals surface area (Å²) in [5, 5.41) is 0. The molecule has 2 aliphatic rings. The van der Waals surface area contributed by atoms with Gasteiger partial charge in [-0.25, -0.2) is 0 Å². The van der Waals surface area contributed by atoms with Crippen LogP contribution < -0.4 is 9.80 Å². The van der Waals surface area contributed by atoms with Gasteiger partial charge in [0, 0.05) is 62.3 Å². The number of anilines is 2. The van der Waals surface area contributed by atoms with Crippen molar-refractivity contribution in [3.8, 4) is 0 Å². The van der Waals surface area contributed by atoms with Crippen LogP contribution in [0.25, 0.3) is 0 Å². The Hall–Kier alpha value is -1.29. The van der Waals surface area contributed by atoms with Gasteiger partial charge in [-0.3, -0.25) is 9.97 Å². The average Bonchev–Trinajstić information content (AvgIpc) is 3.49. The van der Waals surface area contributed by atoms with Gasteiger partial charge in [0.2, 0.25) is 0 Å². The molecule has 7 heteroatoms. The molecule has 2 fully saturated rings. The molecule has 0 amide bonds. The standard InChI is InChI=1S/2C9H12N2.C5H8.CH3.2ClH.Ru/c2*1-2-8-11(7-1)9-3-5-10-6-4-9;1-4-5(2)3;;;;/h2*3-6H,1-2,7-8H2;1,4H,2-3H3;1H3;2*1H;/q;;;-1;;;+2/p-2. The van der Waals surface area contributed by atoms with Crippen LogP contribution in [0.4, 0.5) is 11.4 Å². The molecule has 2 aromatic rings. The van der Waals surface area contributed by atoms with Crippen molar-refractivity contribution < 1.29 is 13.5 Å². The molecular formula is C24H35Cl2N4Ru-. The fourth-order valence-electron chi connectivity index (χ4n) is 3.22. The summed E-state index contributed by atoms with van der Waals surface area (Å²) < 4.78 is 1.88. The van der Waals surface area contributed by atoms with Crippen LogP contribution in [0.15, 0.2) is 60.7 Å². The first-order valence-corrected chi connectivity index (χ1v) is 15.8. The van der Waals surface area contributed by atoms with Crippen molar-refractivity contribution in [2.45, 2.75) is 39.5 Å². The van der Waals surface area contributed by atoms with Crippen LogP contribution in [0.3, 0.4) is 0 Å². The second kappa shape index (κ2) is 16.4. The zero-order valence-electron chi connectivity index (χ0n) is 18.8. The Balaban J connectivity index is 0.000000233. The monoisotopic (exact) mass is 551 g/mol. The minimum Gasteiger partial charge on any atom is -0.371 e. The molecule has 4 heterocycles. The predicted octanol–water partition coefficient (Wildman–Crippen LogP) is 6.49. The number of aromatic nitrogens is 2. The largest absolute Gasteiger partial charge is 0.371 e. The van der Waals surface area contributed by atoms with Gasteiger partial charge in [-0.15, -0.1) is 0 Å². The molecule has 31 heavy (non-hydrogen) atoms. The van der Waals surface area contributed by atoms with E-state index >= 15 is 0 Å². The molecule has 4 nitrogen and oxygen atoms in total. The molecule has 0 bridgehead atoms. The predicted molar refractivity (Wildman–Crippen MR) is 135 cm³/mol. The summed E-state index contributed by atoms with van der Waals surface area (Å²) in [7, 11) is 11.1. The molecule has 2 aromatic heterocycles. The van der Waals surface area contributed by atoms with Crippen LogP contribution in [0.1, 0.15) is 39.5 Å². The van der Waals surface area contributed by atoms with E-state index in [9.17, 15) is 0 Å². The van der Waals surface area contributed by atoms with E-state index in [-0.39, 0.29) is 7.43 Å². The molecule has 2 aliphatic heterocycles. The van der Waals surface area contributed by atoms with E-state index < -0.39 is 13.5 Å². The molecule has 0 aromatic carbocycles. The van der Waals surface area contributed by atoms with E-state index in [1.165, 1.54) is 68.8 Å². The van der Waals surface area contributed by atoms with Crippen molar-refractivity contribution in [1.82, 2.24) is 9.97 Å². The maximum Gasteiger partial charge on any atom is 0.0397 e. The maximum absolute atomic E-state index is 5.53. The fourth-order valence-corrected chi connectivity index (χ4v) is 4.55. The van der Waals surface area contributed by atoms with Gasteiger partial charge in [0.15, 0.2) is 0 Å². The van der Waals surface area contributed by atoms with Crippen molar-refractivity contribution in [1.29, 1.82) is 0 Å². The van der Waals surface area contributed by atoms with Crippen molar-refractivity contribution in [2.75, 3.05) is 36.0 Å². The number of pyridine rings is 2. The zero-order chi connectivity index (χ0) is 21.6. The quantitative estimate of drug-likeness (QED) is 0.322. The first-order valence-electron chi connectivity index (χ1n) is 10.3. The van der Waals surface area contributed by atoms with Crippen LogP contribution in [-0.4, -0.2) is 40.8 Å². The summed E-state index contributed by atoms with van der Waals surface area (Å²) in [6.45, 7) is 8.88. The number of rotatable bonds is 3. The zero-order valence-corrected chi connectivity index (χ0v) is 22.1. The SMILES string of the molecule is CC(C)=C[CH]=[Ru]([Cl])[Cl].[CH3-].c1cc(N2CCCC2)ccn1.c1cc(N2CCCC2)ccn1. The van der Waals surface area contributed by atoms with Gasteiger partial charge in [-0.1, -0.05) is 0 Å². The third-order valence-electron chi connectivity index (χ3n) is 4.75.